The smallest absolute Gasteiger partial charge is 0.0520 e. The average Bonchev–Trinajstić information content (AvgIpc) is 2.97. The molecule has 0 fully saturated rings. The first-order chi connectivity index (χ1) is 21.1. The number of halogens is 2. The van der Waals surface area contributed by atoms with E-state index >= 15 is 0 Å². The highest BCUT2D eigenvalue weighted by Gasteiger charge is 2.23. The molecule has 0 aliphatic heterocycles. The molecule has 0 aliphatic rings. The number of aryl methyl sites for hydroxylation is 3. The molecule has 0 atom stereocenters. The van der Waals surface area contributed by atoms with Gasteiger partial charge in [-0.2, -0.15) is 0 Å². The van der Waals surface area contributed by atoms with E-state index in [2.05, 4.69) is 207 Å². The van der Waals surface area contributed by atoms with E-state index in [1.165, 1.54) is 39.2 Å². The first-order valence-electron chi connectivity index (χ1n) is 15.6. The van der Waals surface area contributed by atoms with Gasteiger partial charge in [0.15, 0.2) is 0 Å². The van der Waals surface area contributed by atoms with Crippen molar-refractivity contribution < 1.29 is 0 Å². The van der Waals surface area contributed by atoms with Crippen LogP contribution >= 0.6 is 31.9 Å². The van der Waals surface area contributed by atoms with Gasteiger partial charge in [-0.3, -0.25) is 0 Å². The second-order valence-corrected chi connectivity index (χ2v) is 15.9. The first-order valence-corrected chi connectivity index (χ1v) is 17.2. The van der Waals surface area contributed by atoms with E-state index in [4.69, 9.17) is 0 Å². The van der Waals surface area contributed by atoms with Crippen LogP contribution in [0, 0.1) is 20.8 Å². The van der Waals surface area contributed by atoms with Gasteiger partial charge in [-0.25, -0.2) is 0 Å². The second kappa shape index (κ2) is 12.8. The molecular weight excluding hydrogens is 680 g/mol. The number of nitrogens with zero attached hydrogens (tertiary/aromatic N) is 2. The summed E-state index contributed by atoms with van der Waals surface area (Å²) in [5.74, 6) is 0. The lowest BCUT2D eigenvalue weighted by atomic mass is 9.84. The lowest BCUT2D eigenvalue weighted by Gasteiger charge is -2.32. The summed E-state index contributed by atoms with van der Waals surface area (Å²) >= 11 is 7.26. The fourth-order valence-corrected chi connectivity index (χ4v) is 6.41. The zero-order valence-corrected chi connectivity index (χ0v) is 31.1. The van der Waals surface area contributed by atoms with Crippen LogP contribution < -0.4 is 9.80 Å². The summed E-state index contributed by atoms with van der Waals surface area (Å²) in [7, 11) is 0. The molecule has 5 aromatic carbocycles. The predicted octanol–water partition coefficient (Wildman–Crippen LogP) is 13.7. The number of anilines is 6. The van der Waals surface area contributed by atoms with Crippen LogP contribution in [0.25, 0.3) is 0 Å². The molecule has 4 heteroatoms. The predicted molar refractivity (Wildman–Crippen MR) is 203 cm³/mol. The standard InChI is InChI=1S/C41H44Br2N2/c1-27-24-30(40(4,5)6)10-23-38(27)44(34-15-11-32(42)12-16-34)35-19-21-37(22-20-35)45(36-17-13-33(43)14-18-36)39-28(2)25-31(26-29(39)3)41(7,8)9/h10-26H,1-9H3. The minimum atomic E-state index is 0.0812. The molecule has 5 aromatic rings. The molecule has 0 unspecified atom stereocenters. The molecular formula is C41H44Br2N2. The second-order valence-electron chi connectivity index (χ2n) is 14.1. The fourth-order valence-electron chi connectivity index (χ4n) is 5.88. The summed E-state index contributed by atoms with van der Waals surface area (Å²) in [4.78, 5) is 4.75. The molecule has 0 saturated carbocycles. The van der Waals surface area contributed by atoms with Crippen molar-refractivity contribution in [1.29, 1.82) is 0 Å². The van der Waals surface area contributed by atoms with Gasteiger partial charge in [0.2, 0.25) is 0 Å². The molecule has 0 heterocycles. The Kier molecular flexibility index (Phi) is 9.40. The molecule has 232 valence electrons. The summed E-state index contributed by atoms with van der Waals surface area (Å²) in [5.41, 5.74) is 13.5. The van der Waals surface area contributed by atoms with E-state index in [9.17, 15) is 0 Å². The molecule has 0 aromatic heterocycles. The minimum Gasteiger partial charge on any atom is -0.310 e. The third kappa shape index (κ3) is 7.23. The Balaban J connectivity index is 1.64. The van der Waals surface area contributed by atoms with E-state index in [1.807, 2.05) is 0 Å². The Morgan fingerprint density at radius 2 is 0.778 bits per heavy atom. The first kappa shape index (κ1) is 33.0. The van der Waals surface area contributed by atoms with Gasteiger partial charge in [-0.05, 0) is 138 Å². The van der Waals surface area contributed by atoms with Gasteiger partial charge in [0, 0.05) is 37.4 Å². The van der Waals surface area contributed by atoms with E-state index in [0.29, 0.717) is 0 Å². The van der Waals surface area contributed by atoms with Gasteiger partial charge in [0.1, 0.15) is 0 Å². The van der Waals surface area contributed by atoms with Crippen LogP contribution in [0.4, 0.5) is 34.1 Å². The van der Waals surface area contributed by atoms with E-state index in [1.54, 1.807) is 0 Å². The summed E-state index contributed by atoms with van der Waals surface area (Å²) in [6.07, 6.45) is 0. The van der Waals surface area contributed by atoms with E-state index in [0.717, 1.165) is 31.7 Å². The maximum Gasteiger partial charge on any atom is 0.0520 e. The Hall–Kier alpha value is -3.34. The number of hydrogen-bond donors (Lipinski definition) is 0. The largest absolute Gasteiger partial charge is 0.310 e. The van der Waals surface area contributed by atoms with Crippen LogP contribution in [-0.4, -0.2) is 0 Å². The van der Waals surface area contributed by atoms with E-state index in [-0.39, 0.29) is 10.8 Å². The van der Waals surface area contributed by atoms with Gasteiger partial charge in [0.25, 0.3) is 0 Å². The van der Waals surface area contributed by atoms with Crippen molar-refractivity contribution in [3.63, 3.8) is 0 Å². The quantitative estimate of drug-likeness (QED) is 0.172. The van der Waals surface area contributed by atoms with Gasteiger partial charge in [-0.15, -0.1) is 0 Å². The van der Waals surface area contributed by atoms with Crippen molar-refractivity contribution in [1.82, 2.24) is 0 Å². The third-order valence-corrected chi connectivity index (χ3v) is 9.48. The maximum absolute atomic E-state index is 3.64. The van der Waals surface area contributed by atoms with Crippen molar-refractivity contribution in [2.45, 2.75) is 73.1 Å². The molecule has 2 nitrogen and oxygen atoms in total. The fraction of sp³-hybridized carbons (Fsp3) is 0.268. The number of hydrogen-bond acceptors (Lipinski definition) is 2. The highest BCUT2D eigenvalue weighted by Crippen LogP contribution is 2.43. The van der Waals surface area contributed by atoms with Crippen LogP contribution in [0.15, 0.2) is 112 Å². The Morgan fingerprint density at radius 3 is 1.16 bits per heavy atom. The van der Waals surface area contributed by atoms with Gasteiger partial charge in [-0.1, -0.05) is 97.7 Å². The van der Waals surface area contributed by atoms with Crippen molar-refractivity contribution in [2.24, 2.45) is 0 Å². The van der Waals surface area contributed by atoms with E-state index < -0.39 is 0 Å². The highest BCUT2D eigenvalue weighted by molar-refractivity contribution is 9.10. The van der Waals surface area contributed by atoms with Gasteiger partial charge >= 0.3 is 0 Å². The Labute approximate surface area is 287 Å². The number of rotatable bonds is 6. The average molecular weight is 725 g/mol. The van der Waals surface area contributed by atoms with Gasteiger partial charge in [0.05, 0.1) is 5.69 Å². The summed E-state index contributed by atoms with van der Waals surface area (Å²) in [6.45, 7) is 20.3. The molecule has 0 radical (unpaired) electrons. The summed E-state index contributed by atoms with van der Waals surface area (Å²) in [6, 6.07) is 37.7. The van der Waals surface area contributed by atoms with Crippen LogP contribution in [0.1, 0.15) is 69.4 Å². The molecule has 0 saturated heterocycles. The minimum absolute atomic E-state index is 0.0812. The van der Waals surface area contributed by atoms with Crippen LogP contribution in [0.5, 0.6) is 0 Å². The van der Waals surface area contributed by atoms with Crippen molar-refractivity contribution in [3.05, 3.63) is 140 Å². The third-order valence-electron chi connectivity index (χ3n) is 8.42. The molecule has 0 aliphatic carbocycles. The lowest BCUT2D eigenvalue weighted by molar-refractivity contribution is 0.589. The normalized spacial score (nSPS) is 11.9. The Bertz CT molecular complexity index is 1770. The molecule has 45 heavy (non-hydrogen) atoms. The van der Waals surface area contributed by atoms with Crippen LogP contribution in [-0.2, 0) is 10.8 Å². The van der Waals surface area contributed by atoms with Crippen molar-refractivity contribution in [3.8, 4) is 0 Å². The zero-order valence-electron chi connectivity index (χ0n) is 28.0. The number of benzene rings is 5. The topological polar surface area (TPSA) is 6.48 Å². The van der Waals surface area contributed by atoms with Gasteiger partial charge < -0.3 is 9.80 Å². The molecule has 0 amide bonds. The Morgan fingerprint density at radius 1 is 0.422 bits per heavy atom. The highest BCUT2D eigenvalue weighted by atomic mass is 79.9. The lowest BCUT2D eigenvalue weighted by Crippen LogP contribution is -2.17. The SMILES string of the molecule is Cc1cc(C(C)(C)C)ccc1N(c1ccc(Br)cc1)c1ccc(N(c2ccc(Br)cc2)c2c(C)cc(C(C)(C)C)cc2C)cc1. The molecule has 5 rings (SSSR count). The monoisotopic (exact) mass is 722 g/mol. The van der Waals surface area contributed by atoms with Crippen molar-refractivity contribution in [2.75, 3.05) is 9.80 Å². The van der Waals surface area contributed by atoms with Crippen LogP contribution in [0.2, 0.25) is 0 Å². The molecule has 0 N–H and O–H groups in total. The zero-order chi connectivity index (χ0) is 32.7. The molecule has 0 spiro atoms. The van der Waals surface area contributed by atoms with Crippen LogP contribution in [0.3, 0.4) is 0 Å². The van der Waals surface area contributed by atoms with Crippen molar-refractivity contribution >= 4 is 66.0 Å². The summed E-state index contributed by atoms with van der Waals surface area (Å²) < 4.78 is 2.13. The summed E-state index contributed by atoms with van der Waals surface area (Å²) in [5, 5.41) is 0. The molecule has 0 bridgehead atoms. The maximum atomic E-state index is 3.64.